The van der Waals surface area contributed by atoms with E-state index in [4.69, 9.17) is 0 Å². The molecule has 0 spiro atoms. The Morgan fingerprint density at radius 2 is 0.905 bits per heavy atom. The zero-order valence-corrected chi connectivity index (χ0v) is 14.7. The van der Waals surface area contributed by atoms with Crippen molar-refractivity contribution < 1.29 is 19.2 Å². The summed E-state index contributed by atoms with van der Waals surface area (Å²) >= 11 is 0. The summed E-state index contributed by atoms with van der Waals surface area (Å²) in [6.45, 7) is 7.67. The summed E-state index contributed by atoms with van der Waals surface area (Å²) in [7, 11) is -1.37. The summed E-state index contributed by atoms with van der Waals surface area (Å²) in [5.41, 5.74) is -1.78. The second kappa shape index (κ2) is 5.27. The predicted octanol–water partition coefficient (Wildman–Crippen LogP) is 1.65. The van der Waals surface area contributed by atoms with Crippen molar-refractivity contribution in [1.82, 2.24) is 0 Å². The van der Waals surface area contributed by atoms with Crippen LogP contribution >= 0.6 is 0 Å². The zero-order chi connectivity index (χ0) is 16.0. The molecule has 2 fully saturated rings. The minimum Gasteiger partial charge on any atom is -0.299 e. The van der Waals surface area contributed by atoms with Gasteiger partial charge < -0.3 is 0 Å². The lowest BCUT2D eigenvalue weighted by atomic mass is 9.75. The van der Waals surface area contributed by atoms with Gasteiger partial charge in [-0.2, -0.15) is 0 Å². The number of rotatable bonds is 2. The fraction of sp³-hybridized carbons (Fsp3) is 0.750. The maximum absolute atomic E-state index is 12.2. The zero-order valence-electron chi connectivity index (χ0n) is 13.3. The number of carbonyl (C=O) groups excluding carboxylic acids is 4. The standard InChI is InChI=1S/C16H24O4Si/c1-15(2)5-9(17)13(10(18)6-15)21-14-11(19)7-16(3,4)8-12(14)20/h13-14H,5-8,21H2,1-4H3. The summed E-state index contributed by atoms with van der Waals surface area (Å²) in [4.78, 5) is 48.9. The van der Waals surface area contributed by atoms with Gasteiger partial charge in [0.1, 0.15) is 23.1 Å². The molecule has 0 saturated heterocycles. The van der Waals surface area contributed by atoms with Crippen LogP contribution < -0.4 is 0 Å². The molecule has 0 aliphatic heterocycles. The van der Waals surface area contributed by atoms with Gasteiger partial charge in [-0.15, -0.1) is 0 Å². The lowest BCUT2D eigenvalue weighted by Crippen LogP contribution is -2.43. The fourth-order valence-corrected chi connectivity index (χ4v) is 5.73. The first-order valence-electron chi connectivity index (χ1n) is 7.62. The van der Waals surface area contributed by atoms with Gasteiger partial charge in [-0.1, -0.05) is 27.7 Å². The molecule has 116 valence electrons. The average Bonchev–Trinajstić information content (AvgIpc) is 2.22. The maximum atomic E-state index is 12.2. The molecule has 0 aromatic rings. The SMILES string of the molecule is CC1(C)CC(=O)C([SiH2]C2C(=O)CC(C)(C)CC2=O)C(=O)C1. The highest BCUT2D eigenvalue weighted by molar-refractivity contribution is 6.62. The molecule has 5 heteroatoms. The van der Waals surface area contributed by atoms with Crippen LogP contribution in [-0.2, 0) is 19.2 Å². The molecule has 0 unspecified atom stereocenters. The van der Waals surface area contributed by atoms with Crippen LogP contribution in [0.15, 0.2) is 0 Å². The van der Waals surface area contributed by atoms with E-state index >= 15 is 0 Å². The lowest BCUT2D eigenvalue weighted by molar-refractivity contribution is -0.133. The van der Waals surface area contributed by atoms with E-state index in [2.05, 4.69) is 0 Å². The van der Waals surface area contributed by atoms with Crippen molar-refractivity contribution in [3.8, 4) is 0 Å². The molecule has 0 aromatic heterocycles. The minimum atomic E-state index is -1.37. The molecule has 4 nitrogen and oxygen atoms in total. The Balaban J connectivity index is 2.11. The quantitative estimate of drug-likeness (QED) is 0.574. The largest absolute Gasteiger partial charge is 0.299 e. The van der Waals surface area contributed by atoms with Gasteiger partial charge in [0.15, 0.2) is 0 Å². The molecule has 0 heterocycles. The Bertz CT molecular complexity index is 432. The van der Waals surface area contributed by atoms with Crippen LogP contribution in [0, 0.1) is 10.8 Å². The van der Waals surface area contributed by atoms with Crippen molar-refractivity contribution in [2.45, 2.75) is 64.5 Å². The highest BCUT2D eigenvalue weighted by Gasteiger charge is 2.45. The van der Waals surface area contributed by atoms with Crippen LogP contribution in [0.4, 0.5) is 0 Å². The third kappa shape index (κ3) is 3.57. The molecule has 2 aliphatic carbocycles. The monoisotopic (exact) mass is 308 g/mol. The van der Waals surface area contributed by atoms with Crippen LogP contribution in [0.1, 0.15) is 53.4 Å². The molecule has 0 atom stereocenters. The minimum absolute atomic E-state index is 0.0478. The summed E-state index contributed by atoms with van der Waals surface area (Å²) in [5.74, 6) is -0.191. The van der Waals surface area contributed by atoms with Crippen LogP contribution in [0.5, 0.6) is 0 Å². The second-order valence-corrected chi connectivity index (χ2v) is 10.3. The van der Waals surface area contributed by atoms with E-state index in [-0.39, 0.29) is 34.0 Å². The van der Waals surface area contributed by atoms with E-state index in [0.717, 1.165) is 0 Å². The highest BCUT2D eigenvalue weighted by atomic mass is 28.2. The average molecular weight is 308 g/mol. The van der Waals surface area contributed by atoms with Crippen LogP contribution in [0.2, 0.25) is 11.1 Å². The molecule has 21 heavy (non-hydrogen) atoms. The van der Waals surface area contributed by atoms with E-state index in [0.29, 0.717) is 25.7 Å². The van der Waals surface area contributed by atoms with Gasteiger partial charge in [-0.25, -0.2) is 0 Å². The maximum Gasteiger partial charge on any atom is 0.140 e. The second-order valence-electron chi connectivity index (χ2n) is 8.24. The Morgan fingerprint density at radius 1 is 0.667 bits per heavy atom. The fourth-order valence-electron chi connectivity index (χ4n) is 3.63. The Hall–Kier alpha value is -1.10. The van der Waals surface area contributed by atoms with Crippen molar-refractivity contribution in [2.75, 3.05) is 0 Å². The smallest absolute Gasteiger partial charge is 0.140 e. The van der Waals surface area contributed by atoms with Crippen LogP contribution in [0.25, 0.3) is 0 Å². The number of Topliss-reactive ketones (excluding diaryl/α,β-unsaturated/α-hetero) is 4. The summed E-state index contributed by atoms with van der Waals surface area (Å²) in [6, 6.07) is 0. The van der Waals surface area contributed by atoms with Gasteiger partial charge >= 0.3 is 0 Å². The third-order valence-electron chi connectivity index (χ3n) is 4.64. The molecule has 0 radical (unpaired) electrons. The van der Waals surface area contributed by atoms with Gasteiger partial charge in [0.2, 0.25) is 0 Å². The predicted molar refractivity (Wildman–Crippen MR) is 82.1 cm³/mol. The molecule has 0 bridgehead atoms. The first-order chi connectivity index (χ1) is 9.51. The van der Waals surface area contributed by atoms with Crippen LogP contribution in [-0.4, -0.2) is 32.7 Å². The molecule has 0 N–H and O–H groups in total. The normalized spacial score (nSPS) is 27.2. The van der Waals surface area contributed by atoms with Crippen molar-refractivity contribution in [1.29, 1.82) is 0 Å². The van der Waals surface area contributed by atoms with Crippen molar-refractivity contribution in [3.63, 3.8) is 0 Å². The first-order valence-corrected chi connectivity index (χ1v) is 9.25. The highest BCUT2D eigenvalue weighted by Crippen LogP contribution is 2.40. The van der Waals surface area contributed by atoms with E-state index in [1.54, 1.807) is 0 Å². The van der Waals surface area contributed by atoms with Gasteiger partial charge in [0, 0.05) is 25.7 Å². The summed E-state index contributed by atoms with van der Waals surface area (Å²) in [6.07, 6.45) is 1.54. The van der Waals surface area contributed by atoms with E-state index in [9.17, 15) is 19.2 Å². The van der Waals surface area contributed by atoms with Gasteiger partial charge in [-0.3, -0.25) is 19.2 Å². The number of hydrogen-bond donors (Lipinski definition) is 0. The summed E-state index contributed by atoms with van der Waals surface area (Å²) in [5, 5.41) is 0. The lowest BCUT2D eigenvalue weighted by Gasteiger charge is -2.35. The number of ketones is 4. The molecule has 0 aromatic carbocycles. The molecule has 2 saturated carbocycles. The van der Waals surface area contributed by atoms with Crippen molar-refractivity contribution >= 4 is 32.7 Å². The Labute approximate surface area is 127 Å². The molecule has 2 rings (SSSR count). The summed E-state index contributed by atoms with van der Waals surface area (Å²) < 4.78 is 0. The topological polar surface area (TPSA) is 68.3 Å². The van der Waals surface area contributed by atoms with E-state index in [1.807, 2.05) is 27.7 Å². The van der Waals surface area contributed by atoms with Gasteiger partial charge in [0.05, 0.1) is 20.6 Å². The Kier molecular flexibility index (Phi) is 4.08. The van der Waals surface area contributed by atoms with Crippen molar-refractivity contribution in [2.24, 2.45) is 10.8 Å². The van der Waals surface area contributed by atoms with E-state index < -0.39 is 20.6 Å². The third-order valence-corrected chi connectivity index (χ3v) is 7.40. The molecular formula is C16H24O4Si. The Morgan fingerprint density at radius 3 is 1.14 bits per heavy atom. The van der Waals surface area contributed by atoms with Gasteiger partial charge in [0.25, 0.3) is 0 Å². The number of carbonyl (C=O) groups is 4. The molecule has 2 aliphatic rings. The number of hydrogen-bond acceptors (Lipinski definition) is 4. The van der Waals surface area contributed by atoms with Crippen molar-refractivity contribution in [3.05, 3.63) is 0 Å². The van der Waals surface area contributed by atoms with E-state index in [1.165, 1.54) is 0 Å². The van der Waals surface area contributed by atoms with Crippen LogP contribution in [0.3, 0.4) is 0 Å². The van der Waals surface area contributed by atoms with Gasteiger partial charge in [-0.05, 0) is 10.8 Å². The molecule has 0 amide bonds. The molecular weight excluding hydrogens is 284 g/mol. The first kappa shape index (κ1) is 16.3.